The van der Waals surface area contributed by atoms with Crippen molar-refractivity contribution < 1.29 is 12.4 Å². The van der Waals surface area contributed by atoms with E-state index in [0.717, 1.165) is 0 Å². The zero-order valence-electron chi connectivity index (χ0n) is 6.46. The zero-order valence-corrected chi connectivity index (χ0v) is 8.03. The van der Waals surface area contributed by atoms with Crippen LogP contribution in [0.1, 0.15) is 4.88 Å². The van der Waals surface area contributed by atoms with Gasteiger partial charge in [0.1, 0.15) is 0 Å². The lowest BCUT2D eigenvalue weighted by atomic mass is 10.2. The Bertz CT molecular complexity index is 336. The van der Waals surface area contributed by atoms with Gasteiger partial charge in [0.15, 0.2) is 0 Å². The molecule has 12 heavy (non-hydrogen) atoms. The van der Waals surface area contributed by atoms with E-state index in [-0.39, 0.29) is 12.4 Å². The molecular formula is C9H9ClNS-. The fourth-order valence-corrected chi connectivity index (χ4v) is 2.08. The number of nitrogens with two attached hydrogens (primary N) is 1. The molecule has 0 radical (unpaired) electrons. The topological polar surface area (TPSA) is 26.0 Å². The molecule has 2 aromatic rings. The van der Waals surface area contributed by atoms with Gasteiger partial charge in [-0.3, -0.25) is 0 Å². The third kappa shape index (κ3) is 1.61. The number of hydrogen-bond donors (Lipinski definition) is 1. The van der Waals surface area contributed by atoms with E-state index in [2.05, 4.69) is 30.3 Å². The average molecular weight is 199 g/mol. The summed E-state index contributed by atoms with van der Waals surface area (Å²) in [6.07, 6.45) is 0. The molecule has 1 nitrogen and oxygen atoms in total. The fraction of sp³-hybridized carbons (Fsp3) is 0.111. The van der Waals surface area contributed by atoms with Gasteiger partial charge in [-0.1, -0.05) is 18.2 Å². The second-order valence-electron chi connectivity index (χ2n) is 2.45. The molecule has 0 amide bonds. The number of thiophene rings is 1. The summed E-state index contributed by atoms with van der Waals surface area (Å²) in [7, 11) is 0. The van der Waals surface area contributed by atoms with E-state index in [9.17, 15) is 0 Å². The van der Waals surface area contributed by atoms with Gasteiger partial charge >= 0.3 is 0 Å². The van der Waals surface area contributed by atoms with Gasteiger partial charge in [0.25, 0.3) is 0 Å². The van der Waals surface area contributed by atoms with Crippen LogP contribution < -0.4 is 18.1 Å². The van der Waals surface area contributed by atoms with Crippen LogP contribution in [0.3, 0.4) is 0 Å². The third-order valence-corrected chi connectivity index (χ3v) is 2.82. The first-order valence-corrected chi connectivity index (χ1v) is 4.39. The molecular weight excluding hydrogens is 190 g/mol. The lowest BCUT2D eigenvalue weighted by molar-refractivity contribution is -0.00000214. The highest BCUT2D eigenvalue weighted by Crippen LogP contribution is 2.24. The van der Waals surface area contributed by atoms with Crippen LogP contribution in [0.25, 0.3) is 10.1 Å². The van der Waals surface area contributed by atoms with E-state index in [1.807, 2.05) is 0 Å². The molecule has 0 saturated carbocycles. The molecule has 0 unspecified atom stereocenters. The van der Waals surface area contributed by atoms with Crippen LogP contribution in [0.2, 0.25) is 0 Å². The van der Waals surface area contributed by atoms with Gasteiger partial charge in [0.05, 0.1) is 0 Å². The van der Waals surface area contributed by atoms with Gasteiger partial charge in [-0.05, 0) is 17.5 Å². The Balaban J connectivity index is 0.000000720. The van der Waals surface area contributed by atoms with E-state index in [1.165, 1.54) is 15.0 Å². The Hall–Kier alpha value is -0.570. The fourth-order valence-electron chi connectivity index (χ4n) is 1.14. The van der Waals surface area contributed by atoms with Crippen molar-refractivity contribution in [2.45, 2.75) is 6.54 Å². The quantitative estimate of drug-likeness (QED) is 0.649. The lowest BCUT2D eigenvalue weighted by Gasteiger charge is -1.82. The zero-order chi connectivity index (χ0) is 7.68. The van der Waals surface area contributed by atoms with Crippen LogP contribution in [-0.4, -0.2) is 0 Å². The van der Waals surface area contributed by atoms with E-state index < -0.39 is 0 Å². The molecule has 0 fully saturated rings. The van der Waals surface area contributed by atoms with Crippen molar-refractivity contribution in [3.63, 3.8) is 0 Å². The van der Waals surface area contributed by atoms with Crippen LogP contribution in [-0.2, 0) is 6.54 Å². The monoisotopic (exact) mass is 198 g/mol. The van der Waals surface area contributed by atoms with Crippen molar-refractivity contribution in [1.82, 2.24) is 0 Å². The highest BCUT2D eigenvalue weighted by molar-refractivity contribution is 7.19. The van der Waals surface area contributed by atoms with Crippen molar-refractivity contribution in [2.24, 2.45) is 5.73 Å². The summed E-state index contributed by atoms with van der Waals surface area (Å²) < 4.78 is 1.33. The van der Waals surface area contributed by atoms with Crippen molar-refractivity contribution in [3.8, 4) is 0 Å². The molecule has 0 spiro atoms. The molecule has 0 aliphatic rings. The number of hydrogen-bond acceptors (Lipinski definition) is 2. The Morgan fingerprint density at radius 1 is 1.25 bits per heavy atom. The summed E-state index contributed by atoms with van der Waals surface area (Å²) in [5.74, 6) is 0. The summed E-state index contributed by atoms with van der Waals surface area (Å²) in [5.41, 5.74) is 5.52. The van der Waals surface area contributed by atoms with Crippen molar-refractivity contribution in [2.75, 3.05) is 0 Å². The van der Waals surface area contributed by atoms with Gasteiger partial charge < -0.3 is 18.1 Å². The smallest absolute Gasteiger partial charge is 0.0346 e. The third-order valence-electron chi connectivity index (χ3n) is 1.68. The number of rotatable bonds is 1. The molecule has 0 saturated heterocycles. The summed E-state index contributed by atoms with van der Waals surface area (Å²) in [5, 5.41) is 1.30. The van der Waals surface area contributed by atoms with Gasteiger partial charge in [0.2, 0.25) is 0 Å². The highest BCUT2D eigenvalue weighted by atomic mass is 35.5. The van der Waals surface area contributed by atoms with Gasteiger partial charge in [-0.2, -0.15) is 0 Å². The number of halogens is 1. The average Bonchev–Trinajstić information content (AvgIpc) is 2.46. The normalized spacial score (nSPS) is 9.75. The number of benzene rings is 1. The van der Waals surface area contributed by atoms with Crippen LogP contribution >= 0.6 is 11.3 Å². The Labute approximate surface area is 81.6 Å². The van der Waals surface area contributed by atoms with E-state index >= 15 is 0 Å². The second-order valence-corrected chi connectivity index (χ2v) is 3.62. The molecule has 2 rings (SSSR count). The predicted octanol–water partition coefficient (Wildman–Crippen LogP) is -0.636. The first kappa shape index (κ1) is 9.52. The summed E-state index contributed by atoms with van der Waals surface area (Å²) in [4.78, 5) is 1.26. The predicted molar refractivity (Wildman–Crippen MR) is 49.7 cm³/mol. The molecule has 2 N–H and O–H groups in total. The Morgan fingerprint density at radius 3 is 2.67 bits per heavy atom. The van der Waals surface area contributed by atoms with Crippen LogP contribution in [0.5, 0.6) is 0 Å². The van der Waals surface area contributed by atoms with Gasteiger partial charge in [-0.15, -0.1) is 11.3 Å². The van der Waals surface area contributed by atoms with Crippen molar-refractivity contribution in [1.29, 1.82) is 0 Å². The molecule has 0 bridgehead atoms. The largest absolute Gasteiger partial charge is 1.00 e. The summed E-state index contributed by atoms with van der Waals surface area (Å²) in [6.45, 7) is 0.652. The second kappa shape index (κ2) is 3.90. The molecule has 3 heteroatoms. The van der Waals surface area contributed by atoms with Crippen LogP contribution in [0.4, 0.5) is 0 Å². The molecule has 0 atom stereocenters. The van der Waals surface area contributed by atoms with E-state index in [0.29, 0.717) is 6.54 Å². The molecule has 0 aliphatic carbocycles. The summed E-state index contributed by atoms with van der Waals surface area (Å²) >= 11 is 1.77. The maximum absolute atomic E-state index is 5.52. The minimum Gasteiger partial charge on any atom is -1.00 e. The standard InChI is InChI=1S/C9H9NS.ClH/c10-6-8-5-7-3-1-2-4-9(7)11-8;/h1-5H,6,10H2;1H/p-1. The molecule has 1 aromatic heterocycles. The maximum Gasteiger partial charge on any atom is 0.0346 e. The molecule has 1 heterocycles. The minimum atomic E-state index is 0. The molecule has 0 aliphatic heterocycles. The van der Waals surface area contributed by atoms with E-state index in [1.54, 1.807) is 11.3 Å². The van der Waals surface area contributed by atoms with Crippen LogP contribution in [0, 0.1) is 0 Å². The van der Waals surface area contributed by atoms with Gasteiger partial charge in [-0.25, -0.2) is 0 Å². The first-order chi connectivity index (χ1) is 5.40. The maximum atomic E-state index is 5.52. The number of fused-ring (bicyclic) bond motifs is 1. The van der Waals surface area contributed by atoms with E-state index in [4.69, 9.17) is 5.73 Å². The molecule has 64 valence electrons. The Morgan fingerprint density at radius 2 is 2.00 bits per heavy atom. The van der Waals surface area contributed by atoms with Crippen molar-refractivity contribution in [3.05, 3.63) is 35.2 Å². The minimum absolute atomic E-state index is 0. The van der Waals surface area contributed by atoms with Crippen molar-refractivity contribution >= 4 is 21.4 Å². The first-order valence-electron chi connectivity index (χ1n) is 3.57. The molecule has 1 aromatic carbocycles. The van der Waals surface area contributed by atoms with Crippen LogP contribution in [0.15, 0.2) is 30.3 Å². The lowest BCUT2D eigenvalue weighted by Crippen LogP contribution is -3.00. The highest BCUT2D eigenvalue weighted by Gasteiger charge is 1.96. The SMILES string of the molecule is NCc1cc2ccccc2s1.[Cl-]. The summed E-state index contributed by atoms with van der Waals surface area (Å²) in [6, 6.07) is 10.5. The van der Waals surface area contributed by atoms with Gasteiger partial charge in [0, 0.05) is 16.1 Å². The Kier molecular flexibility index (Phi) is 3.09.